The van der Waals surface area contributed by atoms with Crippen molar-refractivity contribution in [3.63, 3.8) is 0 Å². The summed E-state index contributed by atoms with van der Waals surface area (Å²) >= 11 is 1.60. The lowest BCUT2D eigenvalue weighted by atomic mass is 10.1. The second kappa shape index (κ2) is 4.85. The van der Waals surface area contributed by atoms with Crippen molar-refractivity contribution < 1.29 is 0 Å². The molecule has 3 N–H and O–H groups in total. The van der Waals surface area contributed by atoms with Crippen LogP contribution in [0.1, 0.15) is 11.1 Å². The molecule has 96 valence electrons. The predicted molar refractivity (Wildman–Crippen MR) is 80.3 cm³/mol. The van der Waals surface area contributed by atoms with Gasteiger partial charge in [-0.05, 0) is 36.2 Å². The van der Waals surface area contributed by atoms with E-state index in [1.165, 1.54) is 11.1 Å². The summed E-state index contributed by atoms with van der Waals surface area (Å²) in [5, 5.41) is 3.35. The van der Waals surface area contributed by atoms with Gasteiger partial charge in [-0.2, -0.15) is 0 Å². The Morgan fingerprint density at radius 2 is 2.21 bits per heavy atom. The summed E-state index contributed by atoms with van der Waals surface area (Å²) in [6.45, 7) is 2.78. The number of rotatable bonds is 3. The fourth-order valence-corrected chi connectivity index (χ4v) is 2.67. The zero-order valence-electron chi connectivity index (χ0n) is 10.6. The van der Waals surface area contributed by atoms with Gasteiger partial charge in [0.25, 0.3) is 0 Å². The van der Waals surface area contributed by atoms with E-state index in [4.69, 9.17) is 5.73 Å². The Labute approximate surface area is 115 Å². The zero-order valence-corrected chi connectivity index (χ0v) is 11.4. The average Bonchev–Trinajstić information content (AvgIpc) is 2.89. The zero-order chi connectivity index (χ0) is 13.2. The summed E-state index contributed by atoms with van der Waals surface area (Å²) in [5.41, 5.74) is 12.8. The Hall–Kier alpha value is -2.14. The Balaban J connectivity index is 1.86. The number of benzene rings is 1. The van der Waals surface area contributed by atoms with Gasteiger partial charge in [0.1, 0.15) is 5.52 Å². The molecule has 0 bridgehead atoms. The van der Waals surface area contributed by atoms with Crippen molar-refractivity contribution in [2.45, 2.75) is 13.5 Å². The van der Waals surface area contributed by atoms with Crippen LogP contribution >= 0.6 is 11.3 Å². The van der Waals surface area contributed by atoms with Crippen LogP contribution in [-0.4, -0.2) is 9.97 Å². The number of nitrogen functional groups attached to an aromatic ring is 1. The first-order valence-electron chi connectivity index (χ1n) is 6.01. The molecule has 4 nitrogen and oxygen atoms in total. The maximum absolute atomic E-state index is 6.13. The SMILES string of the molecule is Cc1ccncc1CNc1ccc2scnc2c1N. The minimum atomic E-state index is 0.708. The Morgan fingerprint density at radius 3 is 3.05 bits per heavy atom. The van der Waals surface area contributed by atoms with Crippen molar-refractivity contribution in [2.75, 3.05) is 11.1 Å². The summed E-state index contributed by atoms with van der Waals surface area (Å²) in [6, 6.07) is 6.05. The van der Waals surface area contributed by atoms with E-state index in [0.717, 1.165) is 15.9 Å². The highest BCUT2D eigenvalue weighted by atomic mass is 32.1. The second-order valence-corrected chi connectivity index (χ2v) is 5.27. The summed E-state index contributed by atoms with van der Waals surface area (Å²) in [4.78, 5) is 8.43. The first-order valence-corrected chi connectivity index (χ1v) is 6.88. The highest BCUT2D eigenvalue weighted by molar-refractivity contribution is 7.16. The van der Waals surface area contributed by atoms with Crippen molar-refractivity contribution in [3.8, 4) is 0 Å². The Kier molecular flexibility index (Phi) is 3.05. The highest BCUT2D eigenvalue weighted by Crippen LogP contribution is 2.30. The van der Waals surface area contributed by atoms with Crippen LogP contribution in [0.5, 0.6) is 0 Å². The van der Waals surface area contributed by atoms with Gasteiger partial charge >= 0.3 is 0 Å². The Morgan fingerprint density at radius 1 is 1.32 bits per heavy atom. The van der Waals surface area contributed by atoms with E-state index in [2.05, 4.69) is 22.2 Å². The van der Waals surface area contributed by atoms with Crippen LogP contribution in [-0.2, 0) is 6.54 Å². The van der Waals surface area contributed by atoms with Crippen molar-refractivity contribution in [1.82, 2.24) is 9.97 Å². The first-order chi connectivity index (χ1) is 9.25. The monoisotopic (exact) mass is 270 g/mol. The lowest BCUT2D eigenvalue weighted by Crippen LogP contribution is -2.04. The molecule has 0 aliphatic heterocycles. The first kappa shape index (κ1) is 11.9. The minimum Gasteiger partial charge on any atom is -0.395 e. The van der Waals surface area contributed by atoms with E-state index in [0.29, 0.717) is 12.2 Å². The number of anilines is 2. The molecule has 0 radical (unpaired) electrons. The van der Waals surface area contributed by atoms with Gasteiger partial charge in [-0.25, -0.2) is 4.98 Å². The molecule has 5 heteroatoms. The largest absolute Gasteiger partial charge is 0.395 e. The highest BCUT2D eigenvalue weighted by Gasteiger charge is 2.07. The summed E-state index contributed by atoms with van der Waals surface area (Å²) in [5.74, 6) is 0. The van der Waals surface area contributed by atoms with Gasteiger partial charge in [-0.15, -0.1) is 11.3 Å². The van der Waals surface area contributed by atoms with Crippen LogP contribution in [0.4, 0.5) is 11.4 Å². The van der Waals surface area contributed by atoms with Crippen LogP contribution in [0.25, 0.3) is 10.2 Å². The number of nitrogens with one attached hydrogen (secondary N) is 1. The van der Waals surface area contributed by atoms with Gasteiger partial charge in [0.15, 0.2) is 0 Å². The number of aromatic nitrogens is 2. The topological polar surface area (TPSA) is 63.8 Å². The smallest absolute Gasteiger partial charge is 0.106 e. The molecule has 1 aromatic carbocycles. The van der Waals surface area contributed by atoms with E-state index in [9.17, 15) is 0 Å². The average molecular weight is 270 g/mol. The maximum atomic E-state index is 6.13. The predicted octanol–water partition coefficient (Wildman–Crippen LogP) is 3.19. The van der Waals surface area contributed by atoms with Crippen LogP contribution in [0.2, 0.25) is 0 Å². The van der Waals surface area contributed by atoms with E-state index < -0.39 is 0 Å². The lowest BCUT2D eigenvalue weighted by molar-refractivity contribution is 1.08. The van der Waals surface area contributed by atoms with Gasteiger partial charge in [-0.1, -0.05) is 0 Å². The standard InChI is InChI=1S/C14H14N4S/c1-9-4-5-16-6-10(9)7-17-11-2-3-12-14(13(11)15)18-8-19-12/h2-6,8,17H,7,15H2,1H3. The van der Waals surface area contributed by atoms with Crippen LogP contribution in [0.3, 0.4) is 0 Å². The summed E-state index contributed by atoms with van der Waals surface area (Å²) in [7, 11) is 0. The van der Waals surface area contributed by atoms with Crippen molar-refractivity contribution in [3.05, 3.63) is 47.2 Å². The van der Waals surface area contributed by atoms with Crippen molar-refractivity contribution in [1.29, 1.82) is 0 Å². The molecule has 0 fully saturated rings. The molecule has 0 atom stereocenters. The summed E-state index contributed by atoms with van der Waals surface area (Å²) in [6.07, 6.45) is 3.68. The molecule has 0 aliphatic rings. The summed E-state index contributed by atoms with van der Waals surface area (Å²) < 4.78 is 1.11. The van der Waals surface area contributed by atoms with Crippen LogP contribution < -0.4 is 11.1 Å². The van der Waals surface area contributed by atoms with Gasteiger partial charge in [-0.3, -0.25) is 4.98 Å². The molecule has 3 rings (SSSR count). The van der Waals surface area contributed by atoms with E-state index in [1.807, 2.05) is 29.9 Å². The number of nitrogens with zero attached hydrogens (tertiary/aromatic N) is 2. The molecule has 3 aromatic rings. The molecule has 0 spiro atoms. The molecule has 0 aliphatic carbocycles. The third-order valence-corrected chi connectivity index (χ3v) is 3.95. The second-order valence-electron chi connectivity index (χ2n) is 4.38. The fraction of sp³-hybridized carbons (Fsp3) is 0.143. The van der Waals surface area contributed by atoms with Crippen molar-refractivity contribution in [2.24, 2.45) is 0 Å². The number of nitrogens with two attached hydrogens (primary N) is 1. The van der Waals surface area contributed by atoms with E-state index in [1.54, 1.807) is 17.5 Å². The van der Waals surface area contributed by atoms with Gasteiger partial charge in [0, 0.05) is 18.9 Å². The third-order valence-electron chi connectivity index (χ3n) is 3.16. The normalized spacial score (nSPS) is 10.8. The quantitative estimate of drug-likeness (QED) is 0.717. The molecule has 2 heterocycles. The fourth-order valence-electron chi connectivity index (χ4n) is 1.98. The molecule has 19 heavy (non-hydrogen) atoms. The van der Waals surface area contributed by atoms with E-state index >= 15 is 0 Å². The molecule has 0 saturated carbocycles. The maximum Gasteiger partial charge on any atom is 0.106 e. The molecule has 0 amide bonds. The number of aryl methyl sites for hydroxylation is 1. The lowest BCUT2D eigenvalue weighted by Gasteiger charge is -2.11. The third kappa shape index (κ3) is 2.24. The number of pyridine rings is 1. The Bertz CT molecular complexity index is 720. The minimum absolute atomic E-state index is 0.708. The molecular formula is C14H14N4S. The molecular weight excluding hydrogens is 256 g/mol. The van der Waals surface area contributed by atoms with Crippen molar-refractivity contribution >= 4 is 32.9 Å². The van der Waals surface area contributed by atoms with Gasteiger partial charge in [0.05, 0.1) is 21.6 Å². The van der Waals surface area contributed by atoms with Gasteiger partial charge < -0.3 is 11.1 Å². The number of hydrogen-bond donors (Lipinski definition) is 2. The molecule has 0 saturated heterocycles. The van der Waals surface area contributed by atoms with Gasteiger partial charge in [0.2, 0.25) is 0 Å². The number of fused-ring (bicyclic) bond motifs is 1. The van der Waals surface area contributed by atoms with Crippen LogP contribution in [0.15, 0.2) is 36.1 Å². The van der Waals surface area contributed by atoms with E-state index in [-0.39, 0.29) is 0 Å². The number of hydrogen-bond acceptors (Lipinski definition) is 5. The van der Waals surface area contributed by atoms with Crippen LogP contribution in [0, 0.1) is 6.92 Å². The molecule has 0 unspecified atom stereocenters. The number of thiazole rings is 1. The molecule has 2 aromatic heterocycles.